The van der Waals surface area contributed by atoms with E-state index < -0.39 is 6.04 Å². The zero-order valence-electron chi connectivity index (χ0n) is 19.1. The first-order valence-electron chi connectivity index (χ1n) is 11.3. The molecule has 3 rings (SSSR count). The Morgan fingerprint density at radius 2 is 1.68 bits per heavy atom. The molecule has 31 heavy (non-hydrogen) atoms. The number of nitrogens with zero attached hydrogens (tertiary/aromatic N) is 1. The molecule has 6 nitrogen and oxygen atoms in total. The molecule has 1 aliphatic carbocycles. The quantitative estimate of drug-likeness (QED) is 0.503. The number of fused-ring (bicyclic) bond motifs is 1. The molecular formula is C25H34N2O4. The van der Waals surface area contributed by atoms with Crippen molar-refractivity contribution < 1.29 is 19.1 Å². The molecule has 0 saturated carbocycles. The van der Waals surface area contributed by atoms with Gasteiger partial charge in [-0.15, -0.1) is 0 Å². The lowest BCUT2D eigenvalue weighted by molar-refractivity contribution is -0.148. The summed E-state index contributed by atoms with van der Waals surface area (Å²) in [5, 5.41) is 3.03. The van der Waals surface area contributed by atoms with E-state index in [1.54, 1.807) is 0 Å². The molecule has 0 aromatic heterocycles. The van der Waals surface area contributed by atoms with Crippen LogP contribution in [0.5, 0.6) is 5.75 Å². The molecule has 0 radical (unpaired) electrons. The Labute approximate surface area is 185 Å². The van der Waals surface area contributed by atoms with E-state index in [0.29, 0.717) is 19.3 Å². The van der Waals surface area contributed by atoms with Crippen LogP contribution in [-0.4, -0.2) is 34.8 Å². The summed E-state index contributed by atoms with van der Waals surface area (Å²) in [7, 11) is 0. The molecule has 0 spiro atoms. The number of amides is 3. The van der Waals surface area contributed by atoms with Gasteiger partial charge in [0.2, 0.25) is 17.7 Å². The van der Waals surface area contributed by atoms with Crippen LogP contribution in [0.25, 0.3) is 0 Å². The molecule has 0 unspecified atom stereocenters. The monoisotopic (exact) mass is 426 g/mol. The molecule has 3 amide bonds. The van der Waals surface area contributed by atoms with Gasteiger partial charge >= 0.3 is 0 Å². The standard InChI is InChI=1S/C25H34N2O4/c1-15(2)13-22(27-24(29)20-11-6-7-12-21(20)25(27)30)23(28)26-17(5)18-9-8-10-19(14-18)31-16(3)4/h6-10,14-17,20-22H,11-13H2,1-5H3,(H,26,28)/t17-,20+,21+,22-/m1/s1. The van der Waals surface area contributed by atoms with Gasteiger partial charge in [-0.25, -0.2) is 0 Å². The summed E-state index contributed by atoms with van der Waals surface area (Å²) in [6, 6.07) is 6.55. The third kappa shape index (κ3) is 5.17. The second-order valence-corrected chi connectivity index (χ2v) is 9.32. The molecule has 168 valence electrons. The van der Waals surface area contributed by atoms with E-state index in [1.165, 1.54) is 4.90 Å². The first-order valence-corrected chi connectivity index (χ1v) is 11.3. The number of imide groups is 1. The molecule has 1 saturated heterocycles. The summed E-state index contributed by atoms with van der Waals surface area (Å²) < 4.78 is 5.76. The van der Waals surface area contributed by atoms with E-state index in [0.717, 1.165) is 11.3 Å². The zero-order valence-corrected chi connectivity index (χ0v) is 19.1. The van der Waals surface area contributed by atoms with Crippen LogP contribution in [0.3, 0.4) is 0 Å². The maximum atomic E-state index is 13.3. The van der Waals surface area contributed by atoms with Crippen LogP contribution in [0, 0.1) is 17.8 Å². The Balaban J connectivity index is 1.78. The number of allylic oxidation sites excluding steroid dienone is 2. The van der Waals surface area contributed by atoms with Crippen molar-refractivity contribution in [3.05, 3.63) is 42.0 Å². The predicted molar refractivity (Wildman–Crippen MR) is 119 cm³/mol. The van der Waals surface area contributed by atoms with Gasteiger partial charge in [-0.1, -0.05) is 38.1 Å². The van der Waals surface area contributed by atoms with E-state index in [1.807, 2.05) is 71.0 Å². The van der Waals surface area contributed by atoms with Crippen molar-refractivity contribution in [2.75, 3.05) is 0 Å². The van der Waals surface area contributed by atoms with E-state index in [9.17, 15) is 14.4 Å². The normalized spacial score (nSPS) is 22.6. The SMILES string of the molecule is CC(C)C[C@H](C(=O)N[C@H](C)c1cccc(OC(C)C)c1)N1C(=O)[C@H]2CC=CC[C@@H]2C1=O. The first-order chi connectivity index (χ1) is 14.7. The average Bonchev–Trinajstić information content (AvgIpc) is 2.96. The summed E-state index contributed by atoms with van der Waals surface area (Å²) in [6.45, 7) is 9.82. The van der Waals surface area contributed by atoms with Gasteiger partial charge in [0.15, 0.2) is 0 Å². The van der Waals surface area contributed by atoms with Crippen LogP contribution in [-0.2, 0) is 14.4 Å². The van der Waals surface area contributed by atoms with Crippen LogP contribution in [0.4, 0.5) is 0 Å². The smallest absolute Gasteiger partial charge is 0.243 e. The fraction of sp³-hybridized carbons (Fsp3) is 0.560. The molecule has 1 aliphatic heterocycles. The highest BCUT2D eigenvalue weighted by molar-refractivity contribution is 6.08. The van der Waals surface area contributed by atoms with E-state index in [2.05, 4.69) is 5.32 Å². The number of benzene rings is 1. The molecule has 2 aliphatic rings. The van der Waals surface area contributed by atoms with Crippen LogP contribution in [0.2, 0.25) is 0 Å². The summed E-state index contributed by atoms with van der Waals surface area (Å²) in [5.74, 6) is -0.460. The number of hydrogen-bond acceptors (Lipinski definition) is 4. The van der Waals surface area contributed by atoms with Crippen molar-refractivity contribution >= 4 is 17.7 Å². The van der Waals surface area contributed by atoms with Crippen molar-refractivity contribution in [3.8, 4) is 5.75 Å². The van der Waals surface area contributed by atoms with Crippen LogP contribution in [0.15, 0.2) is 36.4 Å². The lowest BCUT2D eigenvalue weighted by atomic mass is 9.85. The molecule has 4 atom stereocenters. The van der Waals surface area contributed by atoms with E-state index >= 15 is 0 Å². The molecular weight excluding hydrogens is 392 g/mol. The Bertz CT molecular complexity index is 835. The Hall–Kier alpha value is -2.63. The first kappa shape index (κ1) is 23.0. The summed E-state index contributed by atoms with van der Waals surface area (Å²) in [5.41, 5.74) is 0.909. The fourth-order valence-corrected chi connectivity index (χ4v) is 4.43. The molecule has 1 aromatic rings. The Morgan fingerprint density at radius 1 is 1.06 bits per heavy atom. The van der Waals surface area contributed by atoms with Gasteiger partial charge in [0.05, 0.1) is 24.0 Å². The molecule has 0 bridgehead atoms. The zero-order chi connectivity index (χ0) is 22.7. The molecule has 1 heterocycles. The lowest BCUT2D eigenvalue weighted by Crippen LogP contribution is -2.51. The van der Waals surface area contributed by atoms with Crippen molar-refractivity contribution in [1.29, 1.82) is 0 Å². The lowest BCUT2D eigenvalue weighted by Gasteiger charge is -2.29. The van der Waals surface area contributed by atoms with Crippen molar-refractivity contribution in [1.82, 2.24) is 10.2 Å². The number of ether oxygens (including phenoxy) is 1. The van der Waals surface area contributed by atoms with Gasteiger partial charge in [-0.05, 0) is 63.6 Å². The molecule has 1 fully saturated rings. The predicted octanol–water partition coefficient (Wildman–Crippen LogP) is 4.02. The highest BCUT2D eigenvalue weighted by Crippen LogP contribution is 2.37. The third-order valence-corrected chi connectivity index (χ3v) is 5.94. The number of nitrogens with one attached hydrogen (secondary N) is 1. The molecule has 1 N–H and O–H groups in total. The Morgan fingerprint density at radius 3 is 2.23 bits per heavy atom. The highest BCUT2D eigenvalue weighted by Gasteiger charge is 2.51. The number of carbonyl (C=O) groups is 3. The van der Waals surface area contributed by atoms with Gasteiger partial charge < -0.3 is 10.1 Å². The van der Waals surface area contributed by atoms with Gasteiger partial charge in [0.1, 0.15) is 11.8 Å². The van der Waals surface area contributed by atoms with Crippen LogP contribution < -0.4 is 10.1 Å². The number of likely N-dealkylation sites (tertiary alicyclic amines) is 1. The third-order valence-electron chi connectivity index (χ3n) is 5.94. The molecule has 1 aromatic carbocycles. The second-order valence-electron chi connectivity index (χ2n) is 9.32. The van der Waals surface area contributed by atoms with Crippen LogP contribution >= 0.6 is 0 Å². The second kappa shape index (κ2) is 9.67. The average molecular weight is 427 g/mol. The summed E-state index contributed by atoms with van der Waals surface area (Å²) >= 11 is 0. The Kier molecular flexibility index (Phi) is 7.19. The number of hydrogen-bond donors (Lipinski definition) is 1. The number of carbonyl (C=O) groups excluding carboxylic acids is 3. The van der Waals surface area contributed by atoms with Gasteiger partial charge in [-0.2, -0.15) is 0 Å². The minimum atomic E-state index is -0.789. The fourth-order valence-electron chi connectivity index (χ4n) is 4.43. The summed E-state index contributed by atoms with van der Waals surface area (Å²) in [4.78, 5) is 40.7. The summed E-state index contributed by atoms with van der Waals surface area (Å²) in [6.07, 6.45) is 5.56. The van der Waals surface area contributed by atoms with Crippen molar-refractivity contribution in [2.24, 2.45) is 17.8 Å². The number of rotatable bonds is 8. The minimum Gasteiger partial charge on any atom is -0.491 e. The van der Waals surface area contributed by atoms with Crippen molar-refractivity contribution in [2.45, 2.75) is 72.1 Å². The van der Waals surface area contributed by atoms with E-state index in [-0.39, 0.29) is 47.6 Å². The van der Waals surface area contributed by atoms with E-state index in [4.69, 9.17) is 4.74 Å². The van der Waals surface area contributed by atoms with Gasteiger partial charge in [0.25, 0.3) is 0 Å². The molecule has 6 heteroatoms. The van der Waals surface area contributed by atoms with Gasteiger partial charge in [0, 0.05) is 0 Å². The highest BCUT2D eigenvalue weighted by atomic mass is 16.5. The van der Waals surface area contributed by atoms with Crippen molar-refractivity contribution in [3.63, 3.8) is 0 Å². The maximum Gasteiger partial charge on any atom is 0.243 e. The largest absolute Gasteiger partial charge is 0.491 e. The maximum absolute atomic E-state index is 13.3. The van der Waals surface area contributed by atoms with Gasteiger partial charge in [-0.3, -0.25) is 19.3 Å². The minimum absolute atomic E-state index is 0.0563. The van der Waals surface area contributed by atoms with Crippen LogP contribution in [0.1, 0.15) is 65.5 Å². The topological polar surface area (TPSA) is 75.7 Å².